The van der Waals surface area contributed by atoms with Gasteiger partial charge in [-0.25, -0.2) is 13.2 Å². The second-order valence-electron chi connectivity index (χ2n) is 4.33. The van der Waals surface area contributed by atoms with Gasteiger partial charge in [0.25, 0.3) is 10.0 Å². The lowest BCUT2D eigenvalue weighted by molar-refractivity contribution is 0.0702. The van der Waals surface area contributed by atoms with Gasteiger partial charge < -0.3 is 5.11 Å². The van der Waals surface area contributed by atoms with Crippen LogP contribution in [0, 0.1) is 13.8 Å². The van der Waals surface area contributed by atoms with Gasteiger partial charge in [-0.2, -0.15) is 0 Å². The van der Waals surface area contributed by atoms with Crippen LogP contribution in [-0.2, 0) is 10.0 Å². The number of sulfonamides is 1. The first-order valence-electron chi connectivity index (χ1n) is 5.73. The van der Waals surface area contributed by atoms with Gasteiger partial charge in [-0.15, -0.1) is 11.3 Å². The fraction of sp³-hybridized carbons (Fsp3) is 0.154. The number of anilines is 1. The van der Waals surface area contributed by atoms with Crippen LogP contribution in [0.2, 0.25) is 0 Å². The molecule has 0 atom stereocenters. The van der Waals surface area contributed by atoms with Gasteiger partial charge in [0.2, 0.25) is 0 Å². The number of carbonyl (C=O) groups is 1. The smallest absolute Gasteiger partial charge is 0.345 e. The van der Waals surface area contributed by atoms with Gasteiger partial charge in [-0.3, -0.25) is 4.72 Å². The van der Waals surface area contributed by atoms with Gasteiger partial charge in [0.1, 0.15) is 9.09 Å². The molecule has 2 N–H and O–H groups in total. The quantitative estimate of drug-likeness (QED) is 0.909. The number of aryl methyl sites for hydroxylation is 2. The fourth-order valence-corrected chi connectivity index (χ4v) is 3.78. The molecular weight excluding hydrogens is 298 g/mol. The van der Waals surface area contributed by atoms with Crippen LogP contribution >= 0.6 is 11.3 Å². The minimum absolute atomic E-state index is 0.00883. The highest BCUT2D eigenvalue weighted by molar-refractivity contribution is 7.94. The second kappa shape index (κ2) is 5.26. The standard InChI is InChI=1S/C13H13NO4S2/c1-8-3-4-10(7-9(8)2)14-20(17,18)12-6-5-11(19-12)13(15)16/h3-7,14H,1-2H3,(H,15,16). The first kappa shape index (κ1) is 14.5. The Kier molecular flexibility index (Phi) is 3.82. The van der Waals surface area contributed by atoms with E-state index >= 15 is 0 Å². The molecule has 0 unspecified atom stereocenters. The van der Waals surface area contributed by atoms with Crippen LogP contribution in [-0.4, -0.2) is 19.5 Å². The minimum Gasteiger partial charge on any atom is -0.477 e. The lowest BCUT2D eigenvalue weighted by Crippen LogP contribution is -2.11. The number of thiophene rings is 1. The number of hydrogen-bond donors (Lipinski definition) is 2. The van der Waals surface area contributed by atoms with Crippen LogP contribution in [0.5, 0.6) is 0 Å². The summed E-state index contributed by atoms with van der Waals surface area (Å²) in [7, 11) is -3.75. The van der Waals surface area contributed by atoms with Gasteiger partial charge in [0.15, 0.2) is 0 Å². The number of carboxylic acid groups (broad SMARTS) is 1. The second-order valence-corrected chi connectivity index (χ2v) is 7.32. The van der Waals surface area contributed by atoms with Crippen molar-refractivity contribution in [3.63, 3.8) is 0 Å². The highest BCUT2D eigenvalue weighted by atomic mass is 32.2. The molecule has 20 heavy (non-hydrogen) atoms. The summed E-state index contributed by atoms with van der Waals surface area (Å²) in [6.07, 6.45) is 0. The van der Waals surface area contributed by atoms with Crippen molar-refractivity contribution in [1.29, 1.82) is 0 Å². The van der Waals surface area contributed by atoms with E-state index in [2.05, 4.69) is 4.72 Å². The van der Waals surface area contributed by atoms with Gasteiger partial charge in [0, 0.05) is 5.69 Å². The Morgan fingerprint density at radius 1 is 1.15 bits per heavy atom. The van der Waals surface area contributed by atoms with Gasteiger partial charge in [0.05, 0.1) is 0 Å². The molecule has 0 aliphatic heterocycles. The maximum atomic E-state index is 12.1. The van der Waals surface area contributed by atoms with Crippen LogP contribution in [0.15, 0.2) is 34.5 Å². The largest absolute Gasteiger partial charge is 0.477 e. The van der Waals surface area contributed by atoms with Crippen LogP contribution in [0.25, 0.3) is 0 Å². The zero-order chi connectivity index (χ0) is 14.9. The fourth-order valence-electron chi connectivity index (χ4n) is 1.59. The van der Waals surface area contributed by atoms with E-state index in [-0.39, 0.29) is 9.09 Å². The van der Waals surface area contributed by atoms with Crippen molar-refractivity contribution in [3.8, 4) is 0 Å². The molecule has 106 valence electrons. The molecule has 5 nitrogen and oxygen atoms in total. The first-order valence-corrected chi connectivity index (χ1v) is 8.03. The average Bonchev–Trinajstić information content (AvgIpc) is 2.84. The maximum Gasteiger partial charge on any atom is 0.345 e. The molecule has 0 saturated heterocycles. The summed E-state index contributed by atoms with van der Waals surface area (Å²) in [6.45, 7) is 3.83. The lowest BCUT2D eigenvalue weighted by Gasteiger charge is -2.08. The number of rotatable bonds is 4. The molecule has 1 aromatic heterocycles. The highest BCUT2D eigenvalue weighted by Crippen LogP contribution is 2.24. The van der Waals surface area contributed by atoms with E-state index in [9.17, 15) is 13.2 Å². The number of nitrogens with one attached hydrogen (secondary N) is 1. The van der Waals surface area contributed by atoms with Crippen LogP contribution in [0.4, 0.5) is 5.69 Å². The average molecular weight is 311 g/mol. The Morgan fingerprint density at radius 2 is 1.85 bits per heavy atom. The Balaban J connectivity index is 2.30. The van der Waals surface area contributed by atoms with Crippen molar-refractivity contribution in [3.05, 3.63) is 46.3 Å². The summed E-state index contributed by atoms with van der Waals surface area (Å²) in [6, 6.07) is 7.80. The topological polar surface area (TPSA) is 83.5 Å². The predicted octanol–water partition coefficient (Wildman–Crippen LogP) is 2.86. The zero-order valence-electron chi connectivity index (χ0n) is 10.9. The number of aromatic carboxylic acids is 1. The molecule has 2 aromatic rings. The number of hydrogen-bond acceptors (Lipinski definition) is 4. The minimum atomic E-state index is -3.75. The van der Waals surface area contributed by atoms with E-state index in [0.717, 1.165) is 22.5 Å². The Hall–Kier alpha value is -1.86. The monoisotopic (exact) mass is 311 g/mol. The highest BCUT2D eigenvalue weighted by Gasteiger charge is 2.19. The third-order valence-electron chi connectivity index (χ3n) is 2.82. The summed E-state index contributed by atoms with van der Waals surface area (Å²) < 4.78 is 26.7. The van der Waals surface area contributed by atoms with E-state index in [1.807, 2.05) is 19.9 Å². The molecule has 0 saturated carbocycles. The summed E-state index contributed by atoms with van der Waals surface area (Å²) in [5.74, 6) is -1.14. The molecule has 0 aliphatic carbocycles. The summed E-state index contributed by atoms with van der Waals surface area (Å²) in [5, 5.41) is 8.82. The molecule has 1 aromatic carbocycles. The van der Waals surface area contributed by atoms with Crippen molar-refractivity contribution < 1.29 is 18.3 Å². The van der Waals surface area contributed by atoms with Crippen molar-refractivity contribution in [2.45, 2.75) is 18.1 Å². The van der Waals surface area contributed by atoms with Gasteiger partial charge in [-0.05, 0) is 49.2 Å². The molecule has 0 aliphatic rings. The van der Waals surface area contributed by atoms with Crippen molar-refractivity contribution in [1.82, 2.24) is 0 Å². The first-order chi connectivity index (χ1) is 9.29. The molecule has 0 bridgehead atoms. The van der Waals surface area contributed by atoms with Crippen LogP contribution < -0.4 is 4.72 Å². The molecule has 0 radical (unpaired) electrons. The van der Waals surface area contributed by atoms with Gasteiger partial charge >= 0.3 is 5.97 Å². The van der Waals surface area contributed by atoms with E-state index in [4.69, 9.17) is 5.11 Å². The predicted molar refractivity (Wildman–Crippen MR) is 78.0 cm³/mol. The number of benzene rings is 1. The Bertz CT molecular complexity index is 762. The van der Waals surface area contributed by atoms with E-state index in [1.165, 1.54) is 12.1 Å². The molecule has 0 amide bonds. The molecule has 7 heteroatoms. The SMILES string of the molecule is Cc1ccc(NS(=O)(=O)c2ccc(C(=O)O)s2)cc1C. The zero-order valence-corrected chi connectivity index (χ0v) is 12.5. The molecular formula is C13H13NO4S2. The van der Waals surface area contributed by atoms with Crippen molar-refractivity contribution in [2.75, 3.05) is 4.72 Å². The van der Waals surface area contributed by atoms with E-state index in [1.54, 1.807) is 12.1 Å². The van der Waals surface area contributed by atoms with Gasteiger partial charge in [-0.1, -0.05) is 6.07 Å². The van der Waals surface area contributed by atoms with Crippen LogP contribution in [0.1, 0.15) is 20.8 Å². The normalized spacial score (nSPS) is 11.3. The number of carboxylic acids is 1. The molecule has 0 spiro atoms. The molecule has 0 fully saturated rings. The molecule has 1 heterocycles. The maximum absolute atomic E-state index is 12.1. The van der Waals surface area contributed by atoms with Crippen molar-refractivity contribution >= 4 is 33.0 Å². The van der Waals surface area contributed by atoms with E-state index in [0.29, 0.717) is 5.69 Å². The van der Waals surface area contributed by atoms with Crippen molar-refractivity contribution in [2.24, 2.45) is 0 Å². The Labute approximate surface area is 120 Å². The van der Waals surface area contributed by atoms with Crippen LogP contribution in [0.3, 0.4) is 0 Å². The summed E-state index contributed by atoms with van der Waals surface area (Å²) >= 11 is 0.725. The third-order valence-corrected chi connectivity index (χ3v) is 5.76. The Morgan fingerprint density at radius 3 is 2.40 bits per heavy atom. The summed E-state index contributed by atoms with van der Waals surface area (Å²) in [5.41, 5.74) is 2.50. The summed E-state index contributed by atoms with van der Waals surface area (Å²) in [4.78, 5) is 10.8. The third kappa shape index (κ3) is 3.00. The van der Waals surface area contributed by atoms with E-state index < -0.39 is 16.0 Å². The molecule has 2 rings (SSSR count). The lowest BCUT2D eigenvalue weighted by atomic mass is 10.1.